The Morgan fingerprint density at radius 3 is 2.46 bits per heavy atom. The number of amides is 1. The fourth-order valence-electron chi connectivity index (χ4n) is 3.35. The molecule has 3 aromatic rings. The maximum atomic E-state index is 11.2. The summed E-state index contributed by atoms with van der Waals surface area (Å²) in [5.41, 5.74) is 7.45. The standard InChI is InChI=1S/C20H21N5O/c21-18(26)13-9-11-15(12-10-13)23-20-24-17-8-4-3-7-16(17)19(25-20)22-14-5-1-2-6-14/h3-4,7-12,14H,1-2,5-6H2,(H2,21,26)(H2,22,23,24,25). The lowest BCUT2D eigenvalue weighted by Gasteiger charge is -2.16. The Hall–Kier alpha value is -3.15. The van der Waals surface area contributed by atoms with E-state index in [0.29, 0.717) is 17.6 Å². The van der Waals surface area contributed by atoms with Gasteiger partial charge in [0, 0.05) is 22.7 Å². The Kier molecular flexibility index (Phi) is 4.39. The highest BCUT2D eigenvalue weighted by Crippen LogP contribution is 2.27. The van der Waals surface area contributed by atoms with Crippen LogP contribution >= 0.6 is 0 Å². The third kappa shape index (κ3) is 3.44. The minimum atomic E-state index is -0.443. The number of para-hydroxylation sites is 1. The van der Waals surface area contributed by atoms with Crippen LogP contribution < -0.4 is 16.4 Å². The molecule has 26 heavy (non-hydrogen) atoms. The average Bonchev–Trinajstić information content (AvgIpc) is 3.15. The van der Waals surface area contributed by atoms with Crippen molar-refractivity contribution in [1.82, 2.24) is 9.97 Å². The van der Waals surface area contributed by atoms with Gasteiger partial charge in [-0.05, 0) is 49.2 Å². The zero-order valence-corrected chi connectivity index (χ0v) is 14.4. The van der Waals surface area contributed by atoms with Gasteiger partial charge in [0.25, 0.3) is 0 Å². The SMILES string of the molecule is NC(=O)c1ccc(Nc2nc(NC3CCCC3)c3ccccc3n2)cc1. The van der Waals surface area contributed by atoms with Crippen molar-refractivity contribution in [3.63, 3.8) is 0 Å². The van der Waals surface area contributed by atoms with E-state index >= 15 is 0 Å². The van der Waals surface area contributed by atoms with Gasteiger partial charge >= 0.3 is 0 Å². The predicted octanol–water partition coefficient (Wildman–Crippen LogP) is 3.83. The van der Waals surface area contributed by atoms with E-state index in [-0.39, 0.29) is 0 Å². The third-order valence-corrected chi connectivity index (χ3v) is 4.72. The molecule has 1 aromatic heterocycles. The number of fused-ring (bicyclic) bond motifs is 1. The first-order valence-electron chi connectivity index (χ1n) is 8.89. The molecule has 1 amide bonds. The van der Waals surface area contributed by atoms with Crippen LogP contribution in [-0.2, 0) is 0 Å². The van der Waals surface area contributed by atoms with Crippen molar-refractivity contribution in [2.75, 3.05) is 10.6 Å². The number of carbonyl (C=O) groups excluding carboxylic acids is 1. The number of carbonyl (C=O) groups is 1. The molecule has 0 atom stereocenters. The highest BCUT2D eigenvalue weighted by atomic mass is 16.1. The van der Waals surface area contributed by atoms with Crippen molar-refractivity contribution in [2.45, 2.75) is 31.7 Å². The molecule has 132 valence electrons. The Labute approximate surface area is 151 Å². The summed E-state index contributed by atoms with van der Waals surface area (Å²) in [5.74, 6) is 0.941. The second-order valence-corrected chi connectivity index (χ2v) is 6.61. The number of nitrogens with zero attached hydrogens (tertiary/aromatic N) is 2. The maximum Gasteiger partial charge on any atom is 0.248 e. The van der Waals surface area contributed by atoms with Crippen LogP contribution in [0.1, 0.15) is 36.0 Å². The maximum absolute atomic E-state index is 11.2. The Morgan fingerprint density at radius 1 is 1.00 bits per heavy atom. The quantitative estimate of drug-likeness (QED) is 0.652. The van der Waals surface area contributed by atoms with Gasteiger partial charge in [0.2, 0.25) is 11.9 Å². The first-order valence-corrected chi connectivity index (χ1v) is 8.89. The molecule has 0 aliphatic heterocycles. The number of hydrogen-bond donors (Lipinski definition) is 3. The monoisotopic (exact) mass is 347 g/mol. The zero-order chi connectivity index (χ0) is 17.9. The van der Waals surface area contributed by atoms with E-state index in [1.807, 2.05) is 24.3 Å². The lowest BCUT2D eigenvalue weighted by Crippen LogP contribution is -2.16. The molecule has 6 heteroatoms. The van der Waals surface area contributed by atoms with E-state index in [1.165, 1.54) is 25.7 Å². The average molecular weight is 347 g/mol. The second-order valence-electron chi connectivity index (χ2n) is 6.61. The predicted molar refractivity (Wildman–Crippen MR) is 104 cm³/mol. The number of benzene rings is 2. The number of primary amides is 1. The van der Waals surface area contributed by atoms with E-state index in [9.17, 15) is 4.79 Å². The molecule has 1 saturated carbocycles. The van der Waals surface area contributed by atoms with Gasteiger partial charge in [0.05, 0.1) is 5.52 Å². The first-order chi connectivity index (χ1) is 12.7. The van der Waals surface area contributed by atoms with Crippen molar-refractivity contribution < 1.29 is 4.79 Å². The van der Waals surface area contributed by atoms with Crippen molar-refractivity contribution in [3.8, 4) is 0 Å². The van der Waals surface area contributed by atoms with Crippen LogP contribution in [0, 0.1) is 0 Å². The lowest BCUT2D eigenvalue weighted by atomic mass is 10.2. The number of aromatic nitrogens is 2. The Bertz CT molecular complexity index is 933. The summed E-state index contributed by atoms with van der Waals surface area (Å²) in [6.45, 7) is 0. The van der Waals surface area contributed by atoms with Gasteiger partial charge in [-0.15, -0.1) is 0 Å². The molecule has 1 heterocycles. The van der Waals surface area contributed by atoms with E-state index in [4.69, 9.17) is 10.7 Å². The van der Waals surface area contributed by atoms with Gasteiger partial charge in [0.15, 0.2) is 0 Å². The molecule has 0 radical (unpaired) electrons. The minimum Gasteiger partial charge on any atom is -0.367 e. The van der Waals surface area contributed by atoms with E-state index in [0.717, 1.165) is 22.4 Å². The van der Waals surface area contributed by atoms with Crippen LogP contribution in [-0.4, -0.2) is 21.9 Å². The summed E-state index contributed by atoms with van der Waals surface area (Å²) in [6, 6.07) is 15.4. The molecular weight excluding hydrogens is 326 g/mol. The number of rotatable bonds is 5. The number of hydrogen-bond acceptors (Lipinski definition) is 5. The normalized spacial score (nSPS) is 14.5. The molecule has 4 N–H and O–H groups in total. The van der Waals surface area contributed by atoms with Gasteiger partial charge < -0.3 is 16.4 Å². The van der Waals surface area contributed by atoms with E-state index < -0.39 is 5.91 Å². The molecular formula is C20H21N5O. The van der Waals surface area contributed by atoms with Crippen LogP contribution in [0.3, 0.4) is 0 Å². The van der Waals surface area contributed by atoms with Crippen LogP contribution in [0.15, 0.2) is 48.5 Å². The fourth-order valence-corrected chi connectivity index (χ4v) is 3.35. The fraction of sp³-hybridized carbons (Fsp3) is 0.250. The number of nitrogens with one attached hydrogen (secondary N) is 2. The van der Waals surface area contributed by atoms with Crippen molar-refractivity contribution in [1.29, 1.82) is 0 Å². The van der Waals surface area contributed by atoms with Gasteiger partial charge in [-0.3, -0.25) is 4.79 Å². The van der Waals surface area contributed by atoms with E-state index in [2.05, 4.69) is 15.6 Å². The summed E-state index contributed by atoms with van der Waals surface area (Å²) in [4.78, 5) is 20.5. The molecule has 0 saturated heterocycles. The zero-order valence-electron chi connectivity index (χ0n) is 14.4. The molecule has 0 unspecified atom stereocenters. The summed E-state index contributed by atoms with van der Waals surface area (Å²) >= 11 is 0. The Morgan fingerprint density at radius 2 is 1.73 bits per heavy atom. The van der Waals surface area contributed by atoms with Crippen LogP contribution in [0.2, 0.25) is 0 Å². The van der Waals surface area contributed by atoms with Gasteiger partial charge in [-0.1, -0.05) is 25.0 Å². The van der Waals surface area contributed by atoms with Crippen LogP contribution in [0.25, 0.3) is 10.9 Å². The lowest BCUT2D eigenvalue weighted by molar-refractivity contribution is 0.100. The molecule has 1 aliphatic rings. The molecule has 6 nitrogen and oxygen atoms in total. The molecule has 1 aliphatic carbocycles. The minimum absolute atomic E-state index is 0.443. The topological polar surface area (TPSA) is 92.9 Å². The first kappa shape index (κ1) is 16.3. The second kappa shape index (κ2) is 7.00. The Balaban J connectivity index is 1.64. The smallest absolute Gasteiger partial charge is 0.248 e. The summed E-state index contributed by atoms with van der Waals surface area (Å²) in [7, 11) is 0. The van der Waals surface area contributed by atoms with Crippen LogP contribution in [0.4, 0.5) is 17.5 Å². The van der Waals surface area contributed by atoms with Crippen LogP contribution in [0.5, 0.6) is 0 Å². The highest BCUT2D eigenvalue weighted by Gasteiger charge is 2.17. The highest BCUT2D eigenvalue weighted by molar-refractivity contribution is 5.93. The third-order valence-electron chi connectivity index (χ3n) is 4.72. The summed E-state index contributed by atoms with van der Waals surface area (Å²) in [5, 5.41) is 7.82. The molecule has 0 bridgehead atoms. The van der Waals surface area contributed by atoms with Gasteiger partial charge in [-0.25, -0.2) is 4.98 Å². The summed E-state index contributed by atoms with van der Waals surface area (Å²) in [6.07, 6.45) is 4.88. The number of anilines is 3. The molecule has 4 rings (SSSR count). The van der Waals surface area contributed by atoms with Gasteiger partial charge in [-0.2, -0.15) is 4.98 Å². The molecule has 0 spiro atoms. The van der Waals surface area contributed by atoms with Gasteiger partial charge in [0.1, 0.15) is 5.82 Å². The van der Waals surface area contributed by atoms with Crippen molar-refractivity contribution in [2.24, 2.45) is 5.73 Å². The van der Waals surface area contributed by atoms with E-state index in [1.54, 1.807) is 24.3 Å². The largest absolute Gasteiger partial charge is 0.367 e. The van der Waals surface area contributed by atoms with Crippen molar-refractivity contribution >= 4 is 34.3 Å². The number of nitrogens with two attached hydrogens (primary N) is 1. The molecule has 2 aromatic carbocycles. The summed E-state index contributed by atoms with van der Waals surface area (Å²) < 4.78 is 0. The van der Waals surface area contributed by atoms with Crippen molar-refractivity contribution in [3.05, 3.63) is 54.1 Å². The molecule has 1 fully saturated rings.